The Balaban J connectivity index is 4.02. The molecule has 430 valence electrons. The van der Waals surface area contributed by atoms with Crippen LogP contribution < -0.4 is 0 Å². The van der Waals surface area contributed by atoms with Crippen LogP contribution in [-0.2, 0) is 28.6 Å². The first-order chi connectivity index (χ1) is 36.5. The Bertz CT molecular complexity index is 1330. The zero-order valence-electron chi connectivity index (χ0n) is 49.4. The fraction of sp³-hybridized carbons (Fsp3) is 0.809. The van der Waals surface area contributed by atoms with Gasteiger partial charge < -0.3 is 14.2 Å². The van der Waals surface area contributed by atoms with E-state index in [1.807, 2.05) is 0 Å². The molecule has 0 spiro atoms. The molecule has 6 heteroatoms. The first-order valence-corrected chi connectivity index (χ1v) is 32.3. The third kappa shape index (κ3) is 60.0. The van der Waals surface area contributed by atoms with Crippen LogP contribution in [0.25, 0.3) is 0 Å². The maximum Gasteiger partial charge on any atom is 0.306 e. The fourth-order valence-electron chi connectivity index (χ4n) is 9.44. The van der Waals surface area contributed by atoms with Crippen molar-refractivity contribution >= 4 is 17.9 Å². The molecule has 0 fully saturated rings. The number of unbranched alkanes of at least 4 members (excludes halogenated alkanes) is 38. The smallest absolute Gasteiger partial charge is 0.306 e. The summed E-state index contributed by atoms with van der Waals surface area (Å²) in [6, 6.07) is 0. The summed E-state index contributed by atoms with van der Waals surface area (Å²) in [7, 11) is 0. The Morgan fingerprint density at radius 3 is 0.892 bits per heavy atom. The zero-order valence-corrected chi connectivity index (χ0v) is 49.4. The molecule has 1 atom stereocenters. The Labute approximate surface area is 460 Å². The van der Waals surface area contributed by atoms with Crippen LogP contribution in [0.15, 0.2) is 60.8 Å². The lowest BCUT2D eigenvalue weighted by Crippen LogP contribution is -2.30. The maximum absolute atomic E-state index is 12.8. The van der Waals surface area contributed by atoms with E-state index in [4.69, 9.17) is 14.2 Å². The normalized spacial score (nSPS) is 12.4. The van der Waals surface area contributed by atoms with Gasteiger partial charge in [-0.25, -0.2) is 0 Å². The third-order valence-electron chi connectivity index (χ3n) is 14.2. The van der Waals surface area contributed by atoms with Crippen LogP contribution in [0.4, 0.5) is 0 Å². The highest BCUT2D eigenvalue weighted by Crippen LogP contribution is 2.18. The molecule has 0 aliphatic rings. The van der Waals surface area contributed by atoms with Crippen molar-refractivity contribution < 1.29 is 28.6 Å². The Kier molecular flexibility index (Phi) is 60.2. The molecule has 0 aromatic carbocycles. The van der Waals surface area contributed by atoms with Crippen molar-refractivity contribution in [3.63, 3.8) is 0 Å². The quantitative estimate of drug-likeness (QED) is 0.0261. The van der Waals surface area contributed by atoms with Crippen molar-refractivity contribution in [3.8, 4) is 0 Å². The van der Waals surface area contributed by atoms with Crippen molar-refractivity contribution in [2.24, 2.45) is 0 Å². The van der Waals surface area contributed by atoms with Crippen LogP contribution in [0.2, 0.25) is 0 Å². The molecule has 0 radical (unpaired) electrons. The first kappa shape index (κ1) is 71.1. The second-order valence-corrected chi connectivity index (χ2v) is 21.6. The summed E-state index contributed by atoms with van der Waals surface area (Å²) in [4.78, 5) is 38.1. The topological polar surface area (TPSA) is 78.9 Å². The van der Waals surface area contributed by atoms with Crippen LogP contribution in [0.1, 0.15) is 335 Å². The number of carbonyl (C=O) groups is 3. The van der Waals surface area contributed by atoms with Gasteiger partial charge in [0.1, 0.15) is 13.2 Å². The molecule has 0 saturated heterocycles. The number of ether oxygens (including phenoxy) is 3. The van der Waals surface area contributed by atoms with Gasteiger partial charge in [0.25, 0.3) is 0 Å². The van der Waals surface area contributed by atoms with Gasteiger partial charge in [0.15, 0.2) is 6.10 Å². The average molecular weight is 1040 g/mol. The average Bonchev–Trinajstić information content (AvgIpc) is 3.40. The van der Waals surface area contributed by atoms with Crippen LogP contribution in [0.5, 0.6) is 0 Å². The molecule has 0 heterocycles. The van der Waals surface area contributed by atoms with E-state index in [1.54, 1.807) is 0 Å². The summed E-state index contributed by atoms with van der Waals surface area (Å²) in [5.74, 6) is -0.864. The second kappa shape index (κ2) is 62.6. The molecule has 1 unspecified atom stereocenters. The van der Waals surface area contributed by atoms with Crippen LogP contribution in [0, 0.1) is 0 Å². The van der Waals surface area contributed by atoms with E-state index in [0.29, 0.717) is 19.3 Å². The number of rotatable bonds is 59. The minimum atomic E-state index is -0.771. The number of carbonyl (C=O) groups excluding carboxylic acids is 3. The highest BCUT2D eigenvalue weighted by atomic mass is 16.6. The van der Waals surface area contributed by atoms with E-state index in [1.165, 1.54) is 199 Å². The van der Waals surface area contributed by atoms with Crippen LogP contribution in [0.3, 0.4) is 0 Å². The van der Waals surface area contributed by atoms with Gasteiger partial charge in [-0.1, -0.05) is 300 Å². The molecule has 0 aromatic heterocycles. The number of allylic oxidation sites excluding steroid dienone is 10. The number of hydrogen-bond acceptors (Lipinski definition) is 6. The highest BCUT2D eigenvalue weighted by Gasteiger charge is 2.19. The fourth-order valence-corrected chi connectivity index (χ4v) is 9.44. The predicted octanol–water partition coefficient (Wildman–Crippen LogP) is 21.9. The van der Waals surface area contributed by atoms with Crippen LogP contribution >= 0.6 is 0 Å². The summed E-state index contributed by atoms with van der Waals surface area (Å²) in [5, 5.41) is 0. The molecule has 6 nitrogen and oxygen atoms in total. The number of esters is 3. The van der Waals surface area contributed by atoms with E-state index >= 15 is 0 Å². The molecule has 0 saturated carbocycles. The highest BCUT2D eigenvalue weighted by molar-refractivity contribution is 5.71. The van der Waals surface area contributed by atoms with Gasteiger partial charge in [0.2, 0.25) is 0 Å². The summed E-state index contributed by atoms with van der Waals surface area (Å²) in [5.41, 5.74) is 0. The standard InChI is InChI=1S/C68H122O6/c1-4-7-10-13-16-19-22-24-25-26-27-28-29-30-31-32-33-34-35-36-37-38-39-40-41-42-43-45-46-49-52-55-58-61-67(70)73-64-65(63-72-66(69)60-57-54-51-48-21-18-15-12-9-6-3)74-68(71)62-59-56-53-50-47-44-23-20-17-14-11-8-5-2/h7,10,12,15-16,19,24-25,27-28,65H,4-6,8-9,11,13-14,17-18,20-23,26,29-64H2,1-3H3/b10-7-,15-12-,19-16-,25-24-,28-27-. The molecular formula is C68H122O6. The lowest BCUT2D eigenvalue weighted by Gasteiger charge is -2.18. The molecule has 0 bridgehead atoms. The van der Waals surface area contributed by atoms with Gasteiger partial charge in [0.05, 0.1) is 0 Å². The molecule has 0 aliphatic heterocycles. The van der Waals surface area contributed by atoms with E-state index in [-0.39, 0.29) is 31.1 Å². The van der Waals surface area contributed by atoms with Crippen molar-refractivity contribution in [3.05, 3.63) is 60.8 Å². The van der Waals surface area contributed by atoms with Gasteiger partial charge in [-0.3, -0.25) is 14.4 Å². The van der Waals surface area contributed by atoms with Crippen molar-refractivity contribution in [2.45, 2.75) is 341 Å². The largest absolute Gasteiger partial charge is 0.462 e. The lowest BCUT2D eigenvalue weighted by atomic mass is 10.0. The van der Waals surface area contributed by atoms with E-state index in [9.17, 15) is 14.4 Å². The summed E-state index contributed by atoms with van der Waals surface area (Å²) in [6.07, 6.45) is 79.7. The summed E-state index contributed by atoms with van der Waals surface area (Å²) >= 11 is 0. The zero-order chi connectivity index (χ0) is 53.6. The molecule has 0 aliphatic carbocycles. The predicted molar refractivity (Wildman–Crippen MR) is 321 cm³/mol. The van der Waals surface area contributed by atoms with Gasteiger partial charge in [0, 0.05) is 19.3 Å². The monoisotopic (exact) mass is 1030 g/mol. The van der Waals surface area contributed by atoms with E-state index in [2.05, 4.69) is 81.5 Å². The molecule has 0 N–H and O–H groups in total. The van der Waals surface area contributed by atoms with Gasteiger partial charge in [-0.15, -0.1) is 0 Å². The maximum atomic E-state index is 12.8. The molecule has 0 rings (SSSR count). The third-order valence-corrected chi connectivity index (χ3v) is 14.2. The van der Waals surface area contributed by atoms with Crippen LogP contribution in [-0.4, -0.2) is 37.2 Å². The van der Waals surface area contributed by atoms with Gasteiger partial charge >= 0.3 is 17.9 Å². The SMILES string of the molecule is CC/C=C\C/C=C\C/C=C\C/C=C\CCCCCCCCCCCCCCCCCCCCCCC(=O)OCC(COC(=O)CCCCCCC/C=C\CCC)OC(=O)CCCCCCCCCCCCCCC. The molecule has 0 aromatic rings. The van der Waals surface area contributed by atoms with E-state index < -0.39 is 6.10 Å². The van der Waals surface area contributed by atoms with E-state index in [0.717, 1.165) is 96.3 Å². The minimum Gasteiger partial charge on any atom is -0.462 e. The Morgan fingerprint density at radius 1 is 0.284 bits per heavy atom. The summed E-state index contributed by atoms with van der Waals surface area (Å²) < 4.78 is 16.9. The first-order valence-electron chi connectivity index (χ1n) is 32.3. The number of hydrogen-bond donors (Lipinski definition) is 0. The Morgan fingerprint density at radius 2 is 0.554 bits per heavy atom. The van der Waals surface area contributed by atoms with Crippen molar-refractivity contribution in [1.29, 1.82) is 0 Å². The summed E-state index contributed by atoms with van der Waals surface area (Å²) in [6.45, 7) is 6.50. The van der Waals surface area contributed by atoms with Gasteiger partial charge in [-0.05, 0) is 77.0 Å². The molecule has 74 heavy (non-hydrogen) atoms. The Hall–Kier alpha value is -2.89. The molecule has 0 amide bonds. The van der Waals surface area contributed by atoms with Crippen molar-refractivity contribution in [2.75, 3.05) is 13.2 Å². The lowest BCUT2D eigenvalue weighted by molar-refractivity contribution is -0.167. The second-order valence-electron chi connectivity index (χ2n) is 21.6. The minimum absolute atomic E-state index is 0.0710. The van der Waals surface area contributed by atoms with Crippen molar-refractivity contribution in [1.82, 2.24) is 0 Å². The molecular weight excluding hydrogens is 913 g/mol. The van der Waals surface area contributed by atoms with Gasteiger partial charge in [-0.2, -0.15) is 0 Å².